The molecule has 0 spiro atoms. The monoisotopic (exact) mass is 280 g/mol. The quantitative estimate of drug-likeness (QED) is 0.799. The molecule has 1 rings (SSSR count). The standard InChI is InChI=1S/C16H27NO3/c1-9-7-12(13(15(19)20)8-10(9)2)14(18)17-11(3)16(4,5)6/h11-13H,7-8H2,1-6H3,(H,17,18)(H,19,20)/p-1/t11-,12+,13+/m0/s1. The molecular formula is C16H26NO3-. The van der Waals surface area contributed by atoms with Gasteiger partial charge in [-0.1, -0.05) is 31.9 Å². The summed E-state index contributed by atoms with van der Waals surface area (Å²) in [5.41, 5.74) is 2.13. The molecule has 0 saturated heterocycles. The summed E-state index contributed by atoms with van der Waals surface area (Å²) in [4.78, 5) is 23.7. The van der Waals surface area contributed by atoms with Crippen molar-refractivity contribution in [2.24, 2.45) is 17.3 Å². The van der Waals surface area contributed by atoms with Gasteiger partial charge in [0.25, 0.3) is 0 Å². The third-order valence-corrected chi connectivity index (χ3v) is 4.56. The van der Waals surface area contributed by atoms with Gasteiger partial charge < -0.3 is 15.2 Å². The van der Waals surface area contributed by atoms with Gasteiger partial charge in [-0.2, -0.15) is 0 Å². The fourth-order valence-electron chi connectivity index (χ4n) is 2.35. The summed E-state index contributed by atoms with van der Waals surface area (Å²) in [5, 5.41) is 14.2. The van der Waals surface area contributed by atoms with Crippen LogP contribution in [0, 0.1) is 17.3 Å². The van der Waals surface area contributed by atoms with Crippen LogP contribution in [0.2, 0.25) is 0 Å². The molecule has 0 fully saturated rings. The second-order valence-corrected chi connectivity index (χ2v) is 7.10. The van der Waals surface area contributed by atoms with Gasteiger partial charge in [-0.15, -0.1) is 0 Å². The van der Waals surface area contributed by atoms with Crippen LogP contribution in [0.1, 0.15) is 54.4 Å². The highest BCUT2D eigenvalue weighted by molar-refractivity contribution is 5.85. The van der Waals surface area contributed by atoms with Crippen LogP contribution in [0.3, 0.4) is 0 Å². The van der Waals surface area contributed by atoms with Gasteiger partial charge in [0, 0.05) is 23.8 Å². The Hall–Kier alpha value is -1.32. The van der Waals surface area contributed by atoms with E-state index < -0.39 is 17.8 Å². The van der Waals surface area contributed by atoms with Gasteiger partial charge in [-0.3, -0.25) is 4.79 Å². The number of allylic oxidation sites excluding steroid dienone is 2. The molecule has 114 valence electrons. The number of carboxylic acids is 1. The largest absolute Gasteiger partial charge is 0.550 e. The lowest BCUT2D eigenvalue weighted by atomic mass is 9.75. The van der Waals surface area contributed by atoms with Gasteiger partial charge >= 0.3 is 0 Å². The third-order valence-electron chi connectivity index (χ3n) is 4.56. The summed E-state index contributed by atoms with van der Waals surface area (Å²) in [7, 11) is 0. The summed E-state index contributed by atoms with van der Waals surface area (Å²) < 4.78 is 0. The van der Waals surface area contributed by atoms with Crippen LogP contribution in [-0.2, 0) is 9.59 Å². The molecule has 0 aromatic heterocycles. The summed E-state index contributed by atoms with van der Waals surface area (Å²) in [6.45, 7) is 12.0. The first kappa shape index (κ1) is 16.7. The molecule has 4 heteroatoms. The zero-order chi connectivity index (χ0) is 15.7. The van der Waals surface area contributed by atoms with Gasteiger partial charge in [-0.25, -0.2) is 0 Å². The molecule has 1 N–H and O–H groups in total. The van der Waals surface area contributed by atoms with E-state index >= 15 is 0 Å². The topological polar surface area (TPSA) is 69.2 Å². The Morgan fingerprint density at radius 3 is 2.00 bits per heavy atom. The van der Waals surface area contributed by atoms with E-state index in [1.54, 1.807) is 0 Å². The summed E-state index contributed by atoms with van der Waals surface area (Å²) in [6, 6.07) is -0.00952. The molecule has 1 aliphatic rings. The minimum absolute atomic E-state index is 0.00952. The lowest BCUT2D eigenvalue weighted by molar-refractivity contribution is -0.313. The number of carbonyl (C=O) groups is 2. The van der Waals surface area contributed by atoms with Crippen LogP contribution >= 0.6 is 0 Å². The Kier molecular flexibility index (Phi) is 5.00. The average molecular weight is 280 g/mol. The van der Waals surface area contributed by atoms with Gasteiger partial charge in [0.15, 0.2) is 0 Å². The van der Waals surface area contributed by atoms with Gasteiger partial charge in [0.1, 0.15) is 0 Å². The maximum absolute atomic E-state index is 12.4. The SMILES string of the molecule is CC1=C(C)C[C@@H](C(=O)N[C@@H](C)C(C)(C)C)[C@H](C(=O)[O-])C1. The lowest BCUT2D eigenvalue weighted by Gasteiger charge is -2.35. The van der Waals surface area contributed by atoms with E-state index in [0.717, 1.165) is 11.1 Å². The first-order valence-electron chi connectivity index (χ1n) is 7.20. The van der Waals surface area contributed by atoms with E-state index in [0.29, 0.717) is 12.8 Å². The maximum atomic E-state index is 12.4. The minimum atomic E-state index is -1.12. The Balaban J connectivity index is 2.87. The van der Waals surface area contributed by atoms with E-state index in [4.69, 9.17) is 0 Å². The predicted octanol–water partition coefficient (Wildman–Crippen LogP) is 1.65. The van der Waals surface area contributed by atoms with Crippen molar-refractivity contribution in [3.05, 3.63) is 11.1 Å². The van der Waals surface area contributed by atoms with Gasteiger partial charge in [-0.05, 0) is 39.0 Å². The van der Waals surface area contributed by atoms with Crippen LogP contribution < -0.4 is 10.4 Å². The number of hydrogen-bond donors (Lipinski definition) is 1. The van der Waals surface area contributed by atoms with Crippen LogP contribution in [0.15, 0.2) is 11.1 Å². The number of aliphatic carboxylic acids is 1. The minimum Gasteiger partial charge on any atom is -0.550 e. The van der Waals surface area contributed by atoms with Crippen molar-refractivity contribution in [1.29, 1.82) is 0 Å². The van der Waals surface area contributed by atoms with E-state index in [2.05, 4.69) is 5.32 Å². The summed E-state index contributed by atoms with van der Waals surface area (Å²) >= 11 is 0. The van der Waals surface area contributed by atoms with Crippen molar-refractivity contribution in [3.8, 4) is 0 Å². The molecule has 1 amide bonds. The fourth-order valence-corrected chi connectivity index (χ4v) is 2.35. The van der Waals surface area contributed by atoms with Crippen LogP contribution in [0.4, 0.5) is 0 Å². The third kappa shape index (κ3) is 3.84. The molecule has 1 aliphatic carbocycles. The fraction of sp³-hybridized carbons (Fsp3) is 0.750. The van der Waals surface area contributed by atoms with Crippen molar-refractivity contribution >= 4 is 11.9 Å². The molecule has 3 atom stereocenters. The predicted molar refractivity (Wildman–Crippen MR) is 76.7 cm³/mol. The highest BCUT2D eigenvalue weighted by atomic mass is 16.4. The molecular weight excluding hydrogens is 254 g/mol. The van der Waals surface area contributed by atoms with Crippen molar-refractivity contribution in [1.82, 2.24) is 5.32 Å². The average Bonchev–Trinajstić information content (AvgIpc) is 2.30. The molecule has 0 aliphatic heterocycles. The second kappa shape index (κ2) is 5.98. The molecule has 0 heterocycles. The van der Waals surface area contributed by atoms with Crippen molar-refractivity contribution in [2.45, 2.75) is 60.4 Å². The number of carboxylic acid groups (broad SMARTS) is 1. The summed E-state index contributed by atoms with van der Waals surface area (Å²) in [5.74, 6) is -2.53. The van der Waals surface area contributed by atoms with Crippen molar-refractivity contribution in [3.63, 3.8) is 0 Å². The van der Waals surface area contributed by atoms with E-state index in [-0.39, 0.29) is 17.4 Å². The summed E-state index contributed by atoms with van der Waals surface area (Å²) in [6.07, 6.45) is 0.920. The Labute approximate surface area is 121 Å². The molecule has 0 radical (unpaired) electrons. The number of amides is 1. The number of rotatable bonds is 3. The second-order valence-electron chi connectivity index (χ2n) is 7.10. The van der Waals surface area contributed by atoms with E-state index in [1.165, 1.54) is 0 Å². The lowest BCUT2D eigenvalue weighted by Crippen LogP contribution is -2.49. The number of nitrogens with one attached hydrogen (secondary N) is 1. The Bertz CT molecular complexity index is 431. The molecule has 20 heavy (non-hydrogen) atoms. The highest BCUT2D eigenvalue weighted by Crippen LogP contribution is 2.34. The van der Waals surface area contributed by atoms with E-state index in [9.17, 15) is 14.7 Å². The molecule has 4 nitrogen and oxygen atoms in total. The van der Waals surface area contributed by atoms with Crippen molar-refractivity contribution < 1.29 is 14.7 Å². The Morgan fingerprint density at radius 1 is 1.15 bits per heavy atom. The number of carbonyl (C=O) groups excluding carboxylic acids is 2. The van der Waals surface area contributed by atoms with Crippen LogP contribution in [0.25, 0.3) is 0 Å². The number of hydrogen-bond acceptors (Lipinski definition) is 3. The molecule has 0 aromatic carbocycles. The molecule has 0 saturated carbocycles. The highest BCUT2D eigenvalue weighted by Gasteiger charge is 2.35. The Morgan fingerprint density at radius 2 is 1.60 bits per heavy atom. The normalized spacial score (nSPS) is 25.3. The van der Waals surface area contributed by atoms with Gasteiger partial charge in [0.05, 0.1) is 0 Å². The smallest absolute Gasteiger partial charge is 0.224 e. The van der Waals surface area contributed by atoms with Crippen LogP contribution in [-0.4, -0.2) is 17.9 Å². The zero-order valence-corrected chi connectivity index (χ0v) is 13.4. The molecule has 0 aromatic rings. The van der Waals surface area contributed by atoms with Crippen LogP contribution in [0.5, 0.6) is 0 Å². The first-order valence-corrected chi connectivity index (χ1v) is 7.20. The maximum Gasteiger partial charge on any atom is 0.224 e. The van der Waals surface area contributed by atoms with Crippen molar-refractivity contribution in [2.75, 3.05) is 0 Å². The molecule has 0 unspecified atom stereocenters. The zero-order valence-electron chi connectivity index (χ0n) is 13.4. The first-order chi connectivity index (χ1) is 9.04. The molecule has 0 bridgehead atoms. The van der Waals surface area contributed by atoms with Gasteiger partial charge in [0.2, 0.25) is 5.91 Å². The van der Waals surface area contributed by atoms with E-state index in [1.807, 2.05) is 41.5 Å².